The highest BCUT2D eigenvalue weighted by Gasteiger charge is 2.59. The van der Waals surface area contributed by atoms with Crippen LogP contribution in [0.25, 0.3) is 0 Å². The van der Waals surface area contributed by atoms with Crippen molar-refractivity contribution in [1.29, 1.82) is 0 Å². The highest BCUT2D eigenvalue weighted by Crippen LogP contribution is 2.59. The fourth-order valence-electron chi connectivity index (χ4n) is 3.09. The van der Waals surface area contributed by atoms with E-state index >= 15 is 0 Å². The summed E-state index contributed by atoms with van der Waals surface area (Å²) in [5.74, 6) is 0.368. The third-order valence-corrected chi connectivity index (χ3v) is 5.23. The summed E-state index contributed by atoms with van der Waals surface area (Å²) in [6, 6.07) is 0. The van der Waals surface area contributed by atoms with Crippen LogP contribution in [0.5, 0.6) is 0 Å². The lowest BCUT2D eigenvalue weighted by Crippen LogP contribution is -2.40. The molecule has 19 heavy (non-hydrogen) atoms. The second-order valence-electron chi connectivity index (χ2n) is 6.76. The van der Waals surface area contributed by atoms with Gasteiger partial charge in [-0.2, -0.15) is 0 Å². The van der Waals surface area contributed by atoms with Crippen LogP contribution in [0.1, 0.15) is 46.5 Å². The SMILES string of the molecule is CC(C)C(C)CC(=O)N1CCC2(CC1)CC2C(=O)O. The minimum atomic E-state index is -0.659. The molecule has 2 aliphatic rings. The van der Waals surface area contributed by atoms with Crippen LogP contribution in [0, 0.1) is 23.2 Å². The van der Waals surface area contributed by atoms with Gasteiger partial charge in [0.25, 0.3) is 0 Å². The molecular formula is C15H25NO3. The number of rotatable bonds is 4. The van der Waals surface area contributed by atoms with Crippen molar-refractivity contribution in [2.75, 3.05) is 13.1 Å². The third kappa shape index (κ3) is 2.93. The zero-order valence-electron chi connectivity index (χ0n) is 12.2. The third-order valence-electron chi connectivity index (χ3n) is 5.23. The molecule has 108 valence electrons. The van der Waals surface area contributed by atoms with E-state index in [1.165, 1.54) is 0 Å². The molecule has 0 aromatic heterocycles. The van der Waals surface area contributed by atoms with Crippen LogP contribution in [0.4, 0.5) is 0 Å². The zero-order valence-corrected chi connectivity index (χ0v) is 12.2. The average Bonchev–Trinajstić information content (AvgIpc) is 3.04. The van der Waals surface area contributed by atoms with Gasteiger partial charge in [-0.1, -0.05) is 20.8 Å². The Kier molecular flexibility index (Phi) is 3.88. The standard InChI is InChI=1S/C15H25NO3/c1-10(2)11(3)8-13(17)16-6-4-15(5-7-16)9-12(15)14(18)19/h10-12H,4-9H2,1-3H3,(H,18,19). The molecule has 2 atom stereocenters. The second-order valence-corrected chi connectivity index (χ2v) is 6.76. The van der Waals surface area contributed by atoms with Gasteiger partial charge in [-0.15, -0.1) is 0 Å². The Morgan fingerprint density at radius 3 is 2.26 bits per heavy atom. The van der Waals surface area contributed by atoms with Gasteiger partial charge in [-0.3, -0.25) is 9.59 Å². The van der Waals surface area contributed by atoms with Gasteiger partial charge in [-0.05, 0) is 36.5 Å². The molecule has 1 aliphatic carbocycles. The van der Waals surface area contributed by atoms with Crippen molar-refractivity contribution in [3.05, 3.63) is 0 Å². The van der Waals surface area contributed by atoms with Crippen molar-refractivity contribution in [1.82, 2.24) is 4.90 Å². The molecule has 1 N–H and O–H groups in total. The van der Waals surface area contributed by atoms with Crippen LogP contribution in [-0.2, 0) is 9.59 Å². The summed E-state index contributed by atoms with van der Waals surface area (Å²) in [5.41, 5.74) is 0.0201. The number of nitrogens with zero attached hydrogens (tertiary/aromatic N) is 1. The molecule has 0 aromatic carbocycles. The molecule has 1 heterocycles. The van der Waals surface area contributed by atoms with Crippen molar-refractivity contribution in [2.24, 2.45) is 23.2 Å². The first-order valence-corrected chi connectivity index (χ1v) is 7.36. The monoisotopic (exact) mass is 267 g/mol. The topological polar surface area (TPSA) is 57.6 Å². The lowest BCUT2D eigenvalue weighted by molar-refractivity contribution is -0.140. The van der Waals surface area contributed by atoms with E-state index in [-0.39, 0.29) is 17.2 Å². The van der Waals surface area contributed by atoms with E-state index in [4.69, 9.17) is 5.11 Å². The predicted molar refractivity (Wildman–Crippen MR) is 72.6 cm³/mol. The number of carbonyl (C=O) groups is 2. The summed E-state index contributed by atoms with van der Waals surface area (Å²) in [7, 11) is 0. The predicted octanol–water partition coefficient (Wildman–Crippen LogP) is 2.38. The van der Waals surface area contributed by atoms with Crippen LogP contribution in [0.3, 0.4) is 0 Å². The molecule has 2 fully saturated rings. The van der Waals surface area contributed by atoms with Crippen LogP contribution in [-0.4, -0.2) is 35.0 Å². The number of carboxylic acids is 1. The van der Waals surface area contributed by atoms with Gasteiger partial charge in [0.1, 0.15) is 0 Å². The van der Waals surface area contributed by atoms with E-state index in [0.29, 0.717) is 18.3 Å². The summed E-state index contributed by atoms with van der Waals surface area (Å²) in [6.45, 7) is 7.89. The highest BCUT2D eigenvalue weighted by atomic mass is 16.4. The minimum absolute atomic E-state index is 0.0201. The van der Waals surface area contributed by atoms with E-state index < -0.39 is 5.97 Å². The Bertz CT molecular complexity index is 370. The first-order chi connectivity index (χ1) is 8.85. The number of carbonyl (C=O) groups excluding carboxylic acids is 1. The number of hydrogen-bond acceptors (Lipinski definition) is 2. The number of likely N-dealkylation sites (tertiary alicyclic amines) is 1. The zero-order chi connectivity index (χ0) is 14.2. The molecule has 1 saturated heterocycles. The van der Waals surface area contributed by atoms with Gasteiger partial charge in [0, 0.05) is 19.5 Å². The fourth-order valence-corrected chi connectivity index (χ4v) is 3.09. The van der Waals surface area contributed by atoms with Crippen molar-refractivity contribution in [2.45, 2.75) is 46.5 Å². The van der Waals surface area contributed by atoms with E-state index in [2.05, 4.69) is 20.8 Å². The van der Waals surface area contributed by atoms with Gasteiger partial charge >= 0.3 is 5.97 Å². The second kappa shape index (κ2) is 5.14. The maximum absolute atomic E-state index is 12.2. The number of piperidine rings is 1. The lowest BCUT2D eigenvalue weighted by atomic mass is 9.89. The Hall–Kier alpha value is -1.06. The summed E-state index contributed by atoms with van der Waals surface area (Å²) in [6.07, 6.45) is 3.16. The number of carboxylic acid groups (broad SMARTS) is 1. The van der Waals surface area contributed by atoms with Crippen LogP contribution >= 0.6 is 0 Å². The molecule has 0 radical (unpaired) electrons. The van der Waals surface area contributed by atoms with Gasteiger partial charge in [0.15, 0.2) is 0 Å². The normalized spacial score (nSPS) is 26.5. The van der Waals surface area contributed by atoms with E-state index in [1.807, 2.05) is 4.90 Å². The highest BCUT2D eigenvalue weighted by molar-refractivity contribution is 5.77. The molecule has 0 aromatic rings. The minimum Gasteiger partial charge on any atom is -0.481 e. The summed E-state index contributed by atoms with van der Waals surface area (Å²) in [4.78, 5) is 25.1. The number of hydrogen-bond donors (Lipinski definition) is 1. The first-order valence-electron chi connectivity index (χ1n) is 7.36. The average molecular weight is 267 g/mol. The van der Waals surface area contributed by atoms with E-state index in [1.54, 1.807) is 0 Å². The van der Waals surface area contributed by atoms with Gasteiger partial charge in [0.05, 0.1) is 5.92 Å². The van der Waals surface area contributed by atoms with Crippen molar-refractivity contribution < 1.29 is 14.7 Å². The quantitative estimate of drug-likeness (QED) is 0.850. The van der Waals surface area contributed by atoms with E-state index in [0.717, 1.165) is 32.4 Å². The Morgan fingerprint density at radius 1 is 1.26 bits per heavy atom. The van der Waals surface area contributed by atoms with Crippen LogP contribution < -0.4 is 0 Å². The Labute approximate surface area is 115 Å². The Balaban J connectivity index is 1.81. The maximum atomic E-state index is 12.2. The van der Waals surface area contributed by atoms with Crippen LogP contribution in [0.2, 0.25) is 0 Å². The van der Waals surface area contributed by atoms with Crippen molar-refractivity contribution in [3.8, 4) is 0 Å². The lowest BCUT2D eigenvalue weighted by Gasteiger charge is -2.33. The molecule has 1 amide bonds. The van der Waals surface area contributed by atoms with Gasteiger partial charge in [0.2, 0.25) is 5.91 Å². The molecule has 4 heteroatoms. The summed E-state index contributed by atoms with van der Waals surface area (Å²) >= 11 is 0. The van der Waals surface area contributed by atoms with Crippen LogP contribution in [0.15, 0.2) is 0 Å². The van der Waals surface area contributed by atoms with Gasteiger partial charge in [-0.25, -0.2) is 0 Å². The summed E-state index contributed by atoms with van der Waals surface area (Å²) < 4.78 is 0. The molecule has 2 unspecified atom stereocenters. The maximum Gasteiger partial charge on any atom is 0.307 e. The molecule has 2 rings (SSSR count). The Morgan fingerprint density at radius 2 is 1.84 bits per heavy atom. The van der Waals surface area contributed by atoms with E-state index in [9.17, 15) is 9.59 Å². The fraction of sp³-hybridized carbons (Fsp3) is 0.867. The summed E-state index contributed by atoms with van der Waals surface area (Å²) in [5, 5.41) is 9.05. The smallest absolute Gasteiger partial charge is 0.307 e. The molecular weight excluding hydrogens is 242 g/mol. The molecule has 0 bridgehead atoms. The molecule has 1 aliphatic heterocycles. The van der Waals surface area contributed by atoms with Crippen molar-refractivity contribution in [3.63, 3.8) is 0 Å². The molecule has 1 spiro atoms. The van der Waals surface area contributed by atoms with Gasteiger partial charge < -0.3 is 10.0 Å². The largest absolute Gasteiger partial charge is 0.481 e. The van der Waals surface area contributed by atoms with Crippen molar-refractivity contribution >= 4 is 11.9 Å². The number of aliphatic carboxylic acids is 1. The first kappa shape index (κ1) is 14.4. The number of amides is 1. The molecule has 1 saturated carbocycles. The molecule has 4 nitrogen and oxygen atoms in total.